The Labute approximate surface area is 72.5 Å². The molecule has 0 bridgehead atoms. The van der Waals surface area contributed by atoms with Crippen LogP contribution >= 0.6 is 0 Å². The van der Waals surface area contributed by atoms with Gasteiger partial charge in [0.25, 0.3) is 0 Å². The van der Waals surface area contributed by atoms with E-state index >= 15 is 0 Å². The van der Waals surface area contributed by atoms with Gasteiger partial charge in [0.05, 0.1) is 0 Å². The average Bonchev–Trinajstić information content (AvgIpc) is 2.52. The van der Waals surface area contributed by atoms with Crippen LogP contribution in [0, 0.1) is 0 Å². The van der Waals surface area contributed by atoms with Gasteiger partial charge in [-0.1, -0.05) is 24.8 Å². The number of rotatable bonds is 3. The van der Waals surface area contributed by atoms with Gasteiger partial charge in [-0.15, -0.1) is 0 Å². The molecule has 0 unspecified atom stereocenters. The van der Waals surface area contributed by atoms with E-state index in [0.29, 0.717) is 5.76 Å². The smallest absolute Gasteiger partial charge is 0.231 e. The zero-order valence-corrected chi connectivity index (χ0v) is 7.12. The summed E-state index contributed by atoms with van der Waals surface area (Å²) in [6, 6.07) is 0. The first-order valence-corrected chi connectivity index (χ1v) is 3.80. The lowest BCUT2D eigenvalue weighted by Gasteiger charge is -1.90. The molecule has 0 spiro atoms. The van der Waals surface area contributed by atoms with Crippen LogP contribution in [0.4, 0.5) is 0 Å². The van der Waals surface area contributed by atoms with E-state index in [4.69, 9.17) is 9.47 Å². The second-order valence-corrected chi connectivity index (χ2v) is 2.22. The molecule has 0 saturated carbocycles. The third-order valence-corrected chi connectivity index (χ3v) is 1.41. The van der Waals surface area contributed by atoms with Crippen molar-refractivity contribution < 1.29 is 9.47 Å². The molecule has 1 aliphatic heterocycles. The van der Waals surface area contributed by atoms with Crippen LogP contribution in [0.25, 0.3) is 0 Å². The molecule has 0 aromatic carbocycles. The zero-order valence-electron chi connectivity index (χ0n) is 7.12. The minimum atomic E-state index is 0.289. The maximum atomic E-state index is 5.17. The maximum Gasteiger partial charge on any atom is 0.231 e. The summed E-state index contributed by atoms with van der Waals surface area (Å²) in [5.41, 5.74) is 0. The van der Waals surface area contributed by atoms with Gasteiger partial charge in [-0.2, -0.15) is 0 Å². The van der Waals surface area contributed by atoms with Gasteiger partial charge in [-0.3, -0.25) is 0 Å². The Balaban J connectivity index is 2.66. The van der Waals surface area contributed by atoms with Gasteiger partial charge < -0.3 is 9.47 Å². The lowest BCUT2D eigenvalue weighted by molar-refractivity contribution is 0.0778. The molecule has 0 atom stereocenters. The van der Waals surface area contributed by atoms with Gasteiger partial charge >= 0.3 is 0 Å². The Bertz CT molecular complexity index is 247. The Morgan fingerprint density at radius 3 is 2.67 bits per heavy atom. The largest absolute Gasteiger partial charge is 0.454 e. The third-order valence-electron chi connectivity index (χ3n) is 1.41. The zero-order chi connectivity index (χ0) is 8.81. The van der Waals surface area contributed by atoms with E-state index in [9.17, 15) is 0 Å². The highest BCUT2D eigenvalue weighted by atomic mass is 16.7. The van der Waals surface area contributed by atoms with Crippen LogP contribution in [0.2, 0.25) is 0 Å². The molecule has 0 aromatic rings. The number of ether oxygens (including phenoxy) is 2. The van der Waals surface area contributed by atoms with Crippen molar-refractivity contribution in [3.8, 4) is 0 Å². The minimum Gasteiger partial charge on any atom is -0.454 e. The molecular weight excluding hydrogens is 152 g/mol. The minimum absolute atomic E-state index is 0.289. The summed E-state index contributed by atoms with van der Waals surface area (Å²) >= 11 is 0. The van der Waals surface area contributed by atoms with Crippen molar-refractivity contribution in [1.82, 2.24) is 0 Å². The molecule has 0 saturated heterocycles. The fourth-order valence-electron chi connectivity index (χ4n) is 0.843. The Kier molecular flexibility index (Phi) is 3.20. The van der Waals surface area contributed by atoms with Crippen LogP contribution < -0.4 is 0 Å². The van der Waals surface area contributed by atoms with E-state index in [2.05, 4.69) is 6.58 Å². The van der Waals surface area contributed by atoms with E-state index < -0.39 is 0 Å². The van der Waals surface area contributed by atoms with Crippen LogP contribution in [-0.2, 0) is 9.47 Å². The van der Waals surface area contributed by atoms with Crippen molar-refractivity contribution in [1.29, 1.82) is 0 Å². The summed E-state index contributed by atoms with van der Waals surface area (Å²) in [5.74, 6) is 1.44. The molecule has 0 radical (unpaired) electrons. The lowest BCUT2D eigenvalue weighted by Crippen LogP contribution is -1.80. The molecule has 64 valence electrons. The molecular formula is C10H12O2. The summed E-state index contributed by atoms with van der Waals surface area (Å²) in [7, 11) is 0. The number of hydrogen-bond acceptors (Lipinski definition) is 2. The summed E-state index contributed by atoms with van der Waals surface area (Å²) in [4.78, 5) is 0. The van der Waals surface area contributed by atoms with E-state index in [-0.39, 0.29) is 6.79 Å². The molecule has 2 nitrogen and oxygen atoms in total. The van der Waals surface area contributed by atoms with Gasteiger partial charge in [0.2, 0.25) is 6.79 Å². The third kappa shape index (κ3) is 2.02. The first-order valence-electron chi connectivity index (χ1n) is 3.80. The Morgan fingerprint density at radius 1 is 1.25 bits per heavy atom. The highest BCUT2D eigenvalue weighted by Gasteiger charge is 2.10. The van der Waals surface area contributed by atoms with Gasteiger partial charge in [0.15, 0.2) is 11.5 Å². The van der Waals surface area contributed by atoms with Crippen LogP contribution in [-0.4, -0.2) is 6.79 Å². The predicted molar refractivity (Wildman–Crippen MR) is 48.2 cm³/mol. The van der Waals surface area contributed by atoms with E-state index in [1.807, 2.05) is 31.2 Å². The highest BCUT2D eigenvalue weighted by Crippen LogP contribution is 2.17. The fourth-order valence-corrected chi connectivity index (χ4v) is 0.843. The summed E-state index contributed by atoms with van der Waals surface area (Å²) in [6.07, 6.45) is 9.26. The van der Waals surface area contributed by atoms with Crippen LogP contribution in [0.5, 0.6) is 0 Å². The van der Waals surface area contributed by atoms with Gasteiger partial charge in [-0.05, 0) is 19.1 Å². The van der Waals surface area contributed by atoms with Crippen molar-refractivity contribution >= 4 is 0 Å². The van der Waals surface area contributed by atoms with Crippen LogP contribution in [0.3, 0.4) is 0 Å². The molecule has 0 aliphatic carbocycles. The van der Waals surface area contributed by atoms with Crippen molar-refractivity contribution in [3.63, 3.8) is 0 Å². The molecule has 2 heteroatoms. The number of allylic oxidation sites excluding steroid dienone is 5. The molecule has 12 heavy (non-hydrogen) atoms. The van der Waals surface area contributed by atoms with E-state index in [1.54, 1.807) is 6.08 Å². The topological polar surface area (TPSA) is 18.5 Å². The molecule has 1 rings (SSSR count). The van der Waals surface area contributed by atoms with Gasteiger partial charge in [0.1, 0.15) is 0 Å². The van der Waals surface area contributed by atoms with Crippen LogP contribution in [0.15, 0.2) is 48.5 Å². The maximum absolute atomic E-state index is 5.17. The first-order chi connectivity index (χ1) is 5.88. The number of hydrogen-bond donors (Lipinski definition) is 0. The second-order valence-electron chi connectivity index (χ2n) is 2.22. The van der Waals surface area contributed by atoms with Gasteiger partial charge in [-0.25, -0.2) is 0 Å². The lowest BCUT2D eigenvalue weighted by atomic mass is 10.3. The first kappa shape index (κ1) is 8.65. The molecule has 0 fully saturated rings. The van der Waals surface area contributed by atoms with Crippen molar-refractivity contribution in [2.45, 2.75) is 6.92 Å². The SMILES string of the molecule is C=CC1=C(/C=C\C=C\C)OCO1. The highest BCUT2D eigenvalue weighted by molar-refractivity contribution is 5.26. The fraction of sp³-hybridized carbons (Fsp3) is 0.200. The molecule has 0 N–H and O–H groups in total. The molecule has 0 amide bonds. The Morgan fingerprint density at radius 2 is 2.00 bits per heavy atom. The second kappa shape index (κ2) is 4.44. The summed E-state index contributed by atoms with van der Waals surface area (Å²) in [6.45, 7) is 5.85. The van der Waals surface area contributed by atoms with Crippen molar-refractivity contribution in [3.05, 3.63) is 48.5 Å². The Hall–Kier alpha value is -1.44. The standard InChI is InChI=1S/C10H12O2/c1-3-5-6-7-10-9(4-2)11-8-12-10/h3-7H,2,8H2,1H3/b5-3+,7-6-. The van der Waals surface area contributed by atoms with E-state index in [0.717, 1.165) is 5.76 Å². The predicted octanol–water partition coefficient (Wildman–Crippen LogP) is 2.52. The van der Waals surface area contributed by atoms with E-state index in [1.165, 1.54) is 0 Å². The normalized spacial score (nSPS) is 17.1. The van der Waals surface area contributed by atoms with Crippen molar-refractivity contribution in [2.75, 3.05) is 6.79 Å². The molecule has 1 heterocycles. The monoisotopic (exact) mass is 164 g/mol. The van der Waals surface area contributed by atoms with Gasteiger partial charge in [0, 0.05) is 0 Å². The summed E-state index contributed by atoms with van der Waals surface area (Å²) in [5, 5.41) is 0. The molecule has 1 aliphatic rings. The average molecular weight is 164 g/mol. The quantitative estimate of drug-likeness (QED) is 0.597. The van der Waals surface area contributed by atoms with Crippen molar-refractivity contribution in [2.24, 2.45) is 0 Å². The molecule has 0 aromatic heterocycles. The summed E-state index contributed by atoms with van der Waals surface area (Å²) < 4.78 is 10.3. The van der Waals surface area contributed by atoms with Crippen LogP contribution in [0.1, 0.15) is 6.92 Å².